The average Bonchev–Trinajstić information content (AvgIpc) is 2.38. The van der Waals surface area contributed by atoms with E-state index < -0.39 is 24.0 Å². The zero-order valence-corrected chi connectivity index (χ0v) is 10.3. The summed E-state index contributed by atoms with van der Waals surface area (Å²) in [6.07, 6.45) is -2.35. The first-order valence-corrected chi connectivity index (χ1v) is 5.60. The Labute approximate surface area is 110 Å². The highest BCUT2D eigenvalue weighted by Crippen LogP contribution is 2.20. The predicted octanol–water partition coefficient (Wildman–Crippen LogP) is 0.187. The summed E-state index contributed by atoms with van der Waals surface area (Å²) in [6, 6.07) is 8.71. The van der Waals surface area contributed by atoms with Crippen molar-refractivity contribution >= 4 is 24.8 Å². The van der Waals surface area contributed by atoms with Gasteiger partial charge in [-0.1, -0.05) is 43.1 Å². The maximum Gasteiger partial charge on any atom is 0.404 e. The van der Waals surface area contributed by atoms with Crippen LogP contribution in [0, 0.1) is 0 Å². The molecule has 2 atom stereocenters. The molecule has 0 aliphatic carbocycles. The van der Waals surface area contributed by atoms with Crippen LogP contribution in [0.2, 0.25) is 0 Å². The molecule has 0 radical (unpaired) electrons. The number of benzene rings is 1. The maximum absolute atomic E-state index is 11.4. The summed E-state index contributed by atoms with van der Waals surface area (Å²) >= 11 is 3.58. The van der Waals surface area contributed by atoms with Crippen molar-refractivity contribution in [1.82, 2.24) is 4.72 Å². The third-order valence-corrected chi connectivity index (χ3v) is 2.61. The summed E-state index contributed by atoms with van der Waals surface area (Å²) in [5, 5.41) is 9.85. The molecule has 1 aromatic carbocycles. The van der Waals surface area contributed by atoms with Crippen molar-refractivity contribution in [3.8, 4) is 0 Å². The minimum Gasteiger partial charge on any atom is -0.449 e. The van der Waals surface area contributed by atoms with Crippen molar-refractivity contribution in [3.63, 3.8) is 0 Å². The Morgan fingerprint density at radius 2 is 2.00 bits per heavy atom. The lowest BCUT2D eigenvalue weighted by molar-refractivity contribution is -0.129. The first-order chi connectivity index (χ1) is 8.56. The van der Waals surface area contributed by atoms with Crippen LogP contribution in [0.5, 0.6) is 0 Å². The molecular formula is C11H14N2O4S. The molecule has 2 unspecified atom stereocenters. The van der Waals surface area contributed by atoms with Gasteiger partial charge in [0.05, 0.1) is 5.92 Å². The van der Waals surface area contributed by atoms with E-state index in [9.17, 15) is 14.7 Å². The van der Waals surface area contributed by atoms with Crippen LogP contribution in [0.3, 0.4) is 0 Å². The Kier molecular flexibility index (Phi) is 5.47. The SMILES string of the molecule is NC(=O)OCC(c1ccccc1)C(O)C(=O)NS. The Bertz CT molecular complexity index is 413. The van der Waals surface area contributed by atoms with Crippen molar-refractivity contribution < 1.29 is 19.4 Å². The summed E-state index contributed by atoms with van der Waals surface area (Å²) in [6.45, 7) is -0.193. The molecule has 0 fully saturated rings. The first-order valence-electron chi connectivity index (χ1n) is 5.15. The molecule has 0 saturated carbocycles. The maximum atomic E-state index is 11.4. The fourth-order valence-corrected chi connectivity index (χ4v) is 1.62. The molecule has 6 nitrogen and oxygen atoms in total. The van der Waals surface area contributed by atoms with E-state index in [1.165, 1.54) is 0 Å². The molecule has 1 aromatic rings. The number of nitrogens with two attached hydrogens (primary N) is 1. The van der Waals surface area contributed by atoms with E-state index in [2.05, 4.69) is 17.6 Å². The number of primary amides is 1. The first kappa shape index (κ1) is 14.3. The molecular weight excluding hydrogens is 256 g/mol. The Morgan fingerprint density at radius 3 is 2.50 bits per heavy atom. The lowest BCUT2D eigenvalue weighted by Crippen LogP contribution is -2.37. The van der Waals surface area contributed by atoms with E-state index in [1.807, 2.05) is 4.72 Å². The molecule has 0 saturated heterocycles. The van der Waals surface area contributed by atoms with Gasteiger partial charge in [0.25, 0.3) is 5.91 Å². The van der Waals surface area contributed by atoms with E-state index in [-0.39, 0.29) is 6.61 Å². The third kappa shape index (κ3) is 3.94. The molecule has 0 heterocycles. The molecule has 2 amide bonds. The van der Waals surface area contributed by atoms with Crippen LogP contribution in [-0.2, 0) is 9.53 Å². The molecule has 7 heteroatoms. The van der Waals surface area contributed by atoms with Gasteiger partial charge in [-0.25, -0.2) is 4.79 Å². The minimum absolute atomic E-state index is 0.193. The van der Waals surface area contributed by atoms with Crippen LogP contribution in [0.1, 0.15) is 11.5 Å². The lowest BCUT2D eigenvalue weighted by Gasteiger charge is -2.21. The molecule has 18 heavy (non-hydrogen) atoms. The van der Waals surface area contributed by atoms with E-state index >= 15 is 0 Å². The number of hydrogen-bond acceptors (Lipinski definition) is 5. The average molecular weight is 270 g/mol. The fraction of sp³-hybridized carbons (Fsp3) is 0.273. The van der Waals surface area contributed by atoms with Gasteiger partial charge >= 0.3 is 6.09 Å². The lowest BCUT2D eigenvalue weighted by atomic mass is 9.94. The topological polar surface area (TPSA) is 102 Å². The van der Waals surface area contributed by atoms with E-state index in [0.29, 0.717) is 5.56 Å². The van der Waals surface area contributed by atoms with Crippen LogP contribution in [0.25, 0.3) is 0 Å². The van der Waals surface area contributed by atoms with E-state index in [0.717, 1.165) is 0 Å². The summed E-state index contributed by atoms with van der Waals surface area (Å²) in [5.74, 6) is -1.38. The van der Waals surface area contributed by atoms with Crippen LogP contribution < -0.4 is 10.5 Å². The number of aliphatic hydroxyl groups is 1. The second-order valence-electron chi connectivity index (χ2n) is 3.57. The van der Waals surface area contributed by atoms with Gasteiger partial charge in [-0.15, -0.1) is 0 Å². The summed E-state index contributed by atoms with van der Waals surface area (Å²) in [5.41, 5.74) is 5.52. The number of rotatable bonds is 5. The summed E-state index contributed by atoms with van der Waals surface area (Å²) in [4.78, 5) is 22.0. The molecule has 98 valence electrons. The van der Waals surface area contributed by atoms with Crippen LogP contribution in [-0.4, -0.2) is 29.8 Å². The number of hydrogen-bond donors (Lipinski definition) is 4. The monoisotopic (exact) mass is 270 g/mol. The largest absolute Gasteiger partial charge is 0.449 e. The van der Waals surface area contributed by atoms with Crippen molar-refractivity contribution in [2.24, 2.45) is 5.73 Å². The highest BCUT2D eigenvalue weighted by atomic mass is 32.1. The van der Waals surface area contributed by atoms with Gasteiger partial charge in [0.15, 0.2) is 0 Å². The Hall–Kier alpha value is -1.73. The smallest absolute Gasteiger partial charge is 0.404 e. The van der Waals surface area contributed by atoms with Crippen LogP contribution in [0.15, 0.2) is 30.3 Å². The number of nitrogens with one attached hydrogen (secondary N) is 1. The summed E-state index contributed by atoms with van der Waals surface area (Å²) < 4.78 is 6.68. The van der Waals surface area contributed by atoms with Gasteiger partial charge in [0, 0.05) is 0 Å². The molecule has 1 rings (SSSR count). The number of carbonyl (C=O) groups is 2. The molecule has 0 aliphatic heterocycles. The molecule has 4 N–H and O–H groups in total. The predicted molar refractivity (Wildman–Crippen MR) is 67.9 cm³/mol. The highest BCUT2D eigenvalue weighted by molar-refractivity contribution is 7.78. The number of aliphatic hydroxyl groups excluding tert-OH is 1. The normalized spacial score (nSPS) is 13.4. The zero-order chi connectivity index (χ0) is 13.5. The van der Waals surface area contributed by atoms with Gasteiger partial charge in [0.1, 0.15) is 12.7 Å². The van der Waals surface area contributed by atoms with E-state index in [1.54, 1.807) is 30.3 Å². The molecule has 0 aromatic heterocycles. The van der Waals surface area contributed by atoms with Gasteiger partial charge in [-0.2, -0.15) is 0 Å². The van der Waals surface area contributed by atoms with Gasteiger partial charge < -0.3 is 20.3 Å². The number of amides is 2. The van der Waals surface area contributed by atoms with Gasteiger partial charge in [0.2, 0.25) is 0 Å². The summed E-state index contributed by atoms with van der Waals surface area (Å²) in [7, 11) is 0. The third-order valence-electron chi connectivity index (χ3n) is 2.39. The number of thiol groups is 1. The standard InChI is InChI=1S/C11H14N2O4S/c12-11(16)17-6-8(9(14)10(15)13-18)7-4-2-1-3-5-7/h1-5,8-9,14,18H,6H2,(H2,12,16)(H,13,15). The van der Waals surface area contributed by atoms with Crippen LogP contribution in [0.4, 0.5) is 4.79 Å². The van der Waals surface area contributed by atoms with Crippen molar-refractivity contribution in [2.45, 2.75) is 12.0 Å². The van der Waals surface area contributed by atoms with Crippen molar-refractivity contribution in [1.29, 1.82) is 0 Å². The quantitative estimate of drug-likeness (QED) is 0.573. The van der Waals surface area contributed by atoms with E-state index in [4.69, 9.17) is 5.73 Å². The van der Waals surface area contributed by atoms with Crippen molar-refractivity contribution in [2.75, 3.05) is 6.61 Å². The molecule has 0 bridgehead atoms. The molecule has 0 aliphatic rings. The van der Waals surface area contributed by atoms with Gasteiger partial charge in [-0.3, -0.25) is 4.79 Å². The Balaban J connectivity index is 2.88. The van der Waals surface area contributed by atoms with Crippen molar-refractivity contribution in [3.05, 3.63) is 35.9 Å². The molecule has 0 spiro atoms. The second kappa shape index (κ2) is 6.87. The minimum atomic E-state index is -1.38. The number of ether oxygens (including phenoxy) is 1. The number of carbonyl (C=O) groups excluding carboxylic acids is 2. The highest BCUT2D eigenvalue weighted by Gasteiger charge is 2.28. The fourth-order valence-electron chi connectivity index (χ4n) is 1.49. The zero-order valence-electron chi connectivity index (χ0n) is 9.45. The van der Waals surface area contributed by atoms with Gasteiger partial charge in [-0.05, 0) is 5.56 Å². The Morgan fingerprint density at radius 1 is 1.39 bits per heavy atom. The second-order valence-corrected chi connectivity index (χ2v) is 3.79. The van der Waals surface area contributed by atoms with Crippen LogP contribution >= 0.6 is 12.8 Å².